The number of nitrogens with one attached hydrogen (secondary N) is 1. The van der Waals surface area contributed by atoms with Crippen LogP contribution >= 0.6 is 0 Å². The molecule has 128 valence electrons. The van der Waals surface area contributed by atoms with Crippen molar-refractivity contribution < 1.29 is 14.1 Å². The number of aromatic nitrogens is 1. The van der Waals surface area contributed by atoms with Gasteiger partial charge >= 0.3 is 6.09 Å². The number of nitrogens with two attached hydrogens (primary N) is 1. The molecular weight excluding hydrogens is 318 g/mol. The number of hydrogen-bond donors (Lipinski definition) is 2. The van der Waals surface area contributed by atoms with Gasteiger partial charge in [0.15, 0.2) is 12.4 Å². The van der Waals surface area contributed by atoms with Gasteiger partial charge in [-0.1, -0.05) is 47.1 Å². The molecule has 3 aromatic rings. The van der Waals surface area contributed by atoms with Crippen LogP contribution in [0.2, 0.25) is 0 Å². The van der Waals surface area contributed by atoms with Crippen LogP contribution in [-0.4, -0.2) is 11.2 Å². The van der Waals surface area contributed by atoms with Gasteiger partial charge in [-0.2, -0.15) is 0 Å². The van der Waals surface area contributed by atoms with E-state index in [1.807, 2.05) is 24.3 Å². The highest BCUT2D eigenvalue weighted by atomic mass is 16.6. The molecule has 1 aromatic heterocycles. The highest BCUT2D eigenvalue weighted by Crippen LogP contribution is 2.22. The van der Waals surface area contributed by atoms with E-state index in [9.17, 15) is 4.79 Å². The molecule has 1 heterocycles. The number of carbonyl (C=O) groups excluding carboxylic acids is 1. The molecule has 0 saturated carbocycles. The van der Waals surface area contributed by atoms with Crippen LogP contribution in [-0.2, 0) is 17.9 Å². The Labute approximate surface area is 145 Å². The number of aryl methyl sites for hydroxylation is 1. The van der Waals surface area contributed by atoms with Crippen molar-refractivity contribution in [1.29, 1.82) is 0 Å². The summed E-state index contributed by atoms with van der Waals surface area (Å²) in [6.45, 7) is 2.81. The second-order valence-corrected chi connectivity index (χ2v) is 5.70. The molecule has 6 heteroatoms. The third-order valence-corrected chi connectivity index (χ3v) is 3.71. The van der Waals surface area contributed by atoms with Gasteiger partial charge in [-0.15, -0.1) is 0 Å². The smallest absolute Gasteiger partial charge is 0.404 e. The molecule has 0 unspecified atom stereocenters. The van der Waals surface area contributed by atoms with Crippen LogP contribution in [0.25, 0.3) is 11.3 Å². The van der Waals surface area contributed by atoms with Crippen molar-refractivity contribution in [2.24, 2.45) is 5.73 Å². The summed E-state index contributed by atoms with van der Waals surface area (Å²) in [5.41, 5.74) is 10.0. The maximum atomic E-state index is 10.6. The molecule has 0 atom stereocenters. The Hall–Kier alpha value is -3.28. The summed E-state index contributed by atoms with van der Waals surface area (Å²) in [5, 5.41) is 7.35. The average Bonchev–Trinajstić information content (AvgIpc) is 3.09. The summed E-state index contributed by atoms with van der Waals surface area (Å²) in [6, 6.07) is 18.0. The Morgan fingerprint density at radius 1 is 1.16 bits per heavy atom. The fourth-order valence-electron chi connectivity index (χ4n) is 2.33. The van der Waals surface area contributed by atoms with Gasteiger partial charge in [0.05, 0.1) is 0 Å². The molecule has 25 heavy (non-hydrogen) atoms. The van der Waals surface area contributed by atoms with E-state index in [1.165, 1.54) is 11.1 Å². The van der Waals surface area contributed by atoms with E-state index >= 15 is 0 Å². The molecule has 6 nitrogen and oxygen atoms in total. The Morgan fingerprint density at radius 2 is 1.88 bits per heavy atom. The van der Waals surface area contributed by atoms with Crippen molar-refractivity contribution in [2.45, 2.75) is 20.1 Å². The predicted molar refractivity (Wildman–Crippen MR) is 94.8 cm³/mol. The summed E-state index contributed by atoms with van der Waals surface area (Å²) < 4.78 is 9.79. The lowest BCUT2D eigenvalue weighted by Crippen LogP contribution is -2.12. The van der Waals surface area contributed by atoms with Crippen LogP contribution < -0.4 is 11.1 Å². The zero-order chi connectivity index (χ0) is 17.6. The second-order valence-electron chi connectivity index (χ2n) is 5.70. The van der Waals surface area contributed by atoms with Crippen LogP contribution in [0.4, 0.5) is 10.5 Å². The monoisotopic (exact) mass is 337 g/mol. The molecule has 0 spiro atoms. The molecule has 3 rings (SSSR count). The van der Waals surface area contributed by atoms with E-state index in [2.05, 4.69) is 46.4 Å². The van der Waals surface area contributed by atoms with Crippen molar-refractivity contribution >= 4 is 11.8 Å². The minimum atomic E-state index is -0.845. The van der Waals surface area contributed by atoms with Crippen LogP contribution in [0.5, 0.6) is 0 Å². The number of anilines is 1. The molecule has 0 saturated heterocycles. The number of carbonyl (C=O) groups is 1. The summed E-state index contributed by atoms with van der Waals surface area (Å²) in [7, 11) is 0. The number of benzene rings is 2. The minimum absolute atomic E-state index is 0.0292. The lowest BCUT2D eigenvalue weighted by Gasteiger charge is -2.07. The maximum Gasteiger partial charge on any atom is 0.404 e. The molecule has 2 aromatic carbocycles. The first-order valence-electron chi connectivity index (χ1n) is 7.88. The first-order chi connectivity index (χ1) is 12.1. The molecule has 0 aliphatic carbocycles. The van der Waals surface area contributed by atoms with Gasteiger partial charge < -0.3 is 20.3 Å². The highest BCUT2D eigenvalue weighted by Gasteiger charge is 2.08. The second kappa shape index (κ2) is 7.53. The molecule has 0 radical (unpaired) electrons. The van der Waals surface area contributed by atoms with Gasteiger partial charge in [0, 0.05) is 23.9 Å². The number of ether oxygens (including phenoxy) is 1. The van der Waals surface area contributed by atoms with Crippen LogP contribution in [0, 0.1) is 6.92 Å². The van der Waals surface area contributed by atoms with Gasteiger partial charge in [0.1, 0.15) is 5.69 Å². The van der Waals surface area contributed by atoms with Crippen molar-refractivity contribution in [2.75, 3.05) is 5.32 Å². The fraction of sp³-hybridized carbons (Fsp3) is 0.158. The van der Waals surface area contributed by atoms with Gasteiger partial charge in [0.2, 0.25) is 0 Å². The van der Waals surface area contributed by atoms with Crippen LogP contribution in [0.1, 0.15) is 16.9 Å². The summed E-state index contributed by atoms with van der Waals surface area (Å²) in [4.78, 5) is 10.6. The SMILES string of the molecule is Cc1ccc(CNc2ccc(-c3cc(COC(N)=O)on3)cc2)cc1. The van der Waals surface area contributed by atoms with Crippen LogP contribution in [0.3, 0.4) is 0 Å². The first kappa shape index (κ1) is 16.6. The average molecular weight is 337 g/mol. The molecule has 0 aliphatic heterocycles. The number of amides is 1. The van der Waals surface area contributed by atoms with E-state index < -0.39 is 6.09 Å². The third-order valence-electron chi connectivity index (χ3n) is 3.71. The van der Waals surface area contributed by atoms with Crippen molar-refractivity contribution in [3.63, 3.8) is 0 Å². The van der Waals surface area contributed by atoms with E-state index in [-0.39, 0.29) is 6.61 Å². The van der Waals surface area contributed by atoms with E-state index in [4.69, 9.17) is 10.3 Å². The van der Waals surface area contributed by atoms with Gasteiger partial charge in [-0.3, -0.25) is 0 Å². The van der Waals surface area contributed by atoms with Crippen LogP contribution in [0.15, 0.2) is 59.1 Å². The Balaban J connectivity index is 1.60. The topological polar surface area (TPSA) is 90.4 Å². The van der Waals surface area contributed by atoms with E-state index in [0.717, 1.165) is 17.8 Å². The number of primary amides is 1. The van der Waals surface area contributed by atoms with Gasteiger partial charge in [-0.05, 0) is 24.6 Å². The third kappa shape index (κ3) is 4.60. The zero-order valence-corrected chi connectivity index (χ0v) is 13.9. The van der Waals surface area contributed by atoms with Crippen molar-refractivity contribution in [1.82, 2.24) is 5.16 Å². The number of hydrogen-bond acceptors (Lipinski definition) is 5. The molecule has 3 N–H and O–H groups in total. The van der Waals surface area contributed by atoms with Gasteiger partial charge in [0.25, 0.3) is 0 Å². The molecule has 0 aliphatic rings. The summed E-state index contributed by atoms with van der Waals surface area (Å²) in [6.07, 6.45) is -0.845. The van der Waals surface area contributed by atoms with Crippen molar-refractivity contribution in [3.8, 4) is 11.3 Å². The Morgan fingerprint density at radius 3 is 2.56 bits per heavy atom. The standard InChI is InChI=1S/C19H19N3O3/c1-13-2-4-14(5-3-13)11-21-16-8-6-15(7-9-16)18-10-17(25-22-18)12-24-19(20)23/h2-10,21H,11-12H2,1H3,(H2,20,23). The fourth-order valence-corrected chi connectivity index (χ4v) is 2.33. The molecule has 0 bridgehead atoms. The number of rotatable bonds is 6. The minimum Gasteiger partial charge on any atom is -0.441 e. The highest BCUT2D eigenvalue weighted by molar-refractivity contribution is 5.65. The Bertz CT molecular complexity index is 839. The molecular formula is C19H19N3O3. The van der Waals surface area contributed by atoms with E-state index in [0.29, 0.717) is 11.5 Å². The number of nitrogens with zero attached hydrogens (tertiary/aromatic N) is 1. The normalized spacial score (nSPS) is 10.4. The van der Waals surface area contributed by atoms with Crippen molar-refractivity contribution in [3.05, 3.63) is 71.5 Å². The molecule has 0 fully saturated rings. The summed E-state index contributed by atoms with van der Waals surface area (Å²) >= 11 is 0. The quantitative estimate of drug-likeness (QED) is 0.713. The first-order valence-corrected chi connectivity index (χ1v) is 7.88. The summed E-state index contributed by atoms with van der Waals surface area (Å²) in [5.74, 6) is 0.440. The van der Waals surface area contributed by atoms with E-state index in [1.54, 1.807) is 6.07 Å². The molecule has 1 amide bonds. The largest absolute Gasteiger partial charge is 0.441 e. The zero-order valence-electron chi connectivity index (χ0n) is 13.9. The lowest BCUT2D eigenvalue weighted by molar-refractivity contribution is 0.137. The van der Waals surface area contributed by atoms with Gasteiger partial charge in [-0.25, -0.2) is 4.79 Å². The predicted octanol–water partition coefficient (Wildman–Crippen LogP) is 3.86. The maximum absolute atomic E-state index is 10.6. The lowest BCUT2D eigenvalue weighted by atomic mass is 10.1. The Kier molecular flexibility index (Phi) is 4.99.